The average Bonchev–Trinajstić information content (AvgIpc) is 3.21. The van der Waals surface area contributed by atoms with E-state index in [1.165, 1.54) is 12.1 Å². The Hall–Kier alpha value is -2.26. The van der Waals surface area contributed by atoms with Crippen LogP contribution in [0.1, 0.15) is 59.8 Å². The first-order valence-corrected chi connectivity index (χ1v) is 13.6. The maximum absolute atomic E-state index is 13.4. The van der Waals surface area contributed by atoms with Crippen molar-refractivity contribution in [3.8, 4) is 0 Å². The van der Waals surface area contributed by atoms with Gasteiger partial charge in [-0.15, -0.1) is 6.58 Å². The number of carbonyl (C=O) groups excluding carboxylic acids is 2. The van der Waals surface area contributed by atoms with Crippen molar-refractivity contribution in [2.24, 2.45) is 34.0 Å². The first-order chi connectivity index (χ1) is 16.9. The van der Waals surface area contributed by atoms with Gasteiger partial charge in [-0.05, 0) is 49.0 Å². The average molecular weight is 517 g/mol. The van der Waals surface area contributed by atoms with Crippen LogP contribution in [-0.4, -0.2) is 44.7 Å². The van der Waals surface area contributed by atoms with Crippen molar-refractivity contribution in [2.45, 2.75) is 77.0 Å². The number of ketones is 1. The van der Waals surface area contributed by atoms with E-state index in [-0.39, 0.29) is 40.4 Å². The van der Waals surface area contributed by atoms with Crippen LogP contribution in [0.15, 0.2) is 36.0 Å². The van der Waals surface area contributed by atoms with E-state index < -0.39 is 33.9 Å². The number of nitrogens with zero attached hydrogens (tertiary/aromatic N) is 2. The molecule has 8 atom stereocenters. The van der Waals surface area contributed by atoms with Crippen molar-refractivity contribution in [3.63, 3.8) is 0 Å². The van der Waals surface area contributed by atoms with E-state index in [9.17, 15) is 24.8 Å². The molecule has 196 valence electrons. The minimum Gasteiger partial charge on any atom is -0.461 e. The summed E-state index contributed by atoms with van der Waals surface area (Å²) in [5, 5.41) is 22.9. The van der Waals surface area contributed by atoms with Gasteiger partial charge in [-0.3, -0.25) is 19.7 Å². The molecule has 2 bridgehead atoms. The lowest BCUT2D eigenvalue weighted by Gasteiger charge is -2.61. The quantitative estimate of drug-likeness (QED) is 0.185. The number of hydrogen-bond donors (Lipinski definition) is 1. The van der Waals surface area contributed by atoms with Crippen LogP contribution in [0, 0.1) is 44.1 Å². The number of pyridine rings is 1. The molecule has 3 aliphatic rings. The lowest BCUT2D eigenvalue weighted by atomic mass is 9.44. The number of rotatable bonds is 6. The van der Waals surface area contributed by atoms with Gasteiger partial charge in [-0.2, -0.15) is 0 Å². The van der Waals surface area contributed by atoms with Crippen LogP contribution in [0.5, 0.6) is 0 Å². The summed E-state index contributed by atoms with van der Waals surface area (Å²) in [6.07, 6.45) is 5.10. The van der Waals surface area contributed by atoms with Gasteiger partial charge in [0.15, 0.2) is 0 Å². The summed E-state index contributed by atoms with van der Waals surface area (Å²) < 4.78 is 6.20. The number of nitro groups is 1. The Morgan fingerprint density at radius 3 is 2.69 bits per heavy atom. The number of aromatic nitrogens is 1. The van der Waals surface area contributed by atoms with Crippen LogP contribution < -0.4 is 0 Å². The molecule has 0 amide bonds. The fourth-order valence-electron chi connectivity index (χ4n) is 7.39. The number of Topliss-reactive ketones (excluding diaryl/α,β-unsaturated/α-hetero) is 1. The van der Waals surface area contributed by atoms with Gasteiger partial charge in [0.1, 0.15) is 18.1 Å². The fraction of sp³-hybridized carbons (Fsp3) is 0.667. The van der Waals surface area contributed by atoms with Gasteiger partial charge in [0, 0.05) is 29.2 Å². The first kappa shape index (κ1) is 26.8. The summed E-state index contributed by atoms with van der Waals surface area (Å²) in [5.41, 5.74) is -1.67. The van der Waals surface area contributed by atoms with Crippen LogP contribution in [0.4, 0.5) is 5.69 Å². The van der Waals surface area contributed by atoms with Crippen molar-refractivity contribution in [2.75, 3.05) is 5.75 Å². The molecule has 1 heterocycles. The van der Waals surface area contributed by atoms with Crippen molar-refractivity contribution < 1.29 is 24.4 Å². The summed E-state index contributed by atoms with van der Waals surface area (Å²) in [6.45, 7) is 12.3. The standard InChI is InChI=1S/C27H36N2O6S/c1-6-25(4)13-20(35-22(31)15-36-21-8-7-18(14-28-21)29(33)34)26(5)16(2)9-11-27(17(3)24(25)32)12-10-19(30)23(26)27/h6-8,14,16-17,20,23-24,32H,1,9-13,15H2,2-5H3/t16-,17+,20-,23?,24+,25-,26+,27+/m1/s1. The molecule has 4 rings (SSSR count). The molecule has 0 radical (unpaired) electrons. The third-order valence-corrected chi connectivity index (χ3v) is 10.8. The predicted octanol–water partition coefficient (Wildman–Crippen LogP) is 4.99. The molecular formula is C27H36N2O6S. The van der Waals surface area contributed by atoms with E-state index in [0.29, 0.717) is 17.9 Å². The van der Waals surface area contributed by atoms with Crippen molar-refractivity contribution in [1.82, 2.24) is 4.98 Å². The number of hydrogen-bond acceptors (Lipinski definition) is 8. The number of aliphatic hydroxyl groups excluding tert-OH is 1. The number of thioether (sulfide) groups is 1. The minimum absolute atomic E-state index is 0.0146. The monoisotopic (exact) mass is 516 g/mol. The molecule has 1 aromatic rings. The Kier molecular flexibility index (Phi) is 7.11. The molecule has 9 heteroatoms. The van der Waals surface area contributed by atoms with Crippen LogP contribution in [0.25, 0.3) is 0 Å². The molecule has 1 N–H and O–H groups in total. The van der Waals surface area contributed by atoms with Gasteiger partial charge in [-0.1, -0.05) is 45.5 Å². The highest BCUT2D eigenvalue weighted by Crippen LogP contribution is 2.68. The zero-order valence-electron chi connectivity index (χ0n) is 21.4. The zero-order chi connectivity index (χ0) is 26.5. The zero-order valence-corrected chi connectivity index (χ0v) is 22.3. The van der Waals surface area contributed by atoms with Crippen molar-refractivity contribution in [1.29, 1.82) is 0 Å². The second kappa shape index (κ2) is 9.56. The Morgan fingerprint density at radius 2 is 2.08 bits per heavy atom. The summed E-state index contributed by atoms with van der Waals surface area (Å²) in [4.78, 5) is 40.9. The van der Waals surface area contributed by atoms with E-state index >= 15 is 0 Å². The first-order valence-electron chi connectivity index (χ1n) is 12.7. The molecule has 8 nitrogen and oxygen atoms in total. The molecule has 1 aromatic heterocycles. The lowest BCUT2D eigenvalue weighted by molar-refractivity contribution is -0.385. The summed E-state index contributed by atoms with van der Waals surface area (Å²) >= 11 is 1.15. The van der Waals surface area contributed by atoms with E-state index in [1.54, 1.807) is 6.08 Å². The maximum Gasteiger partial charge on any atom is 0.316 e. The number of carbonyl (C=O) groups is 2. The Labute approximate surface area is 216 Å². The third-order valence-electron chi connectivity index (χ3n) is 9.84. The molecule has 3 aliphatic carbocycles. The smallest absolute Gasteiger partial charge is 0.316 e. The van der Waals surface area contributed by atoms with Gasteiger partial charge >= 0.3 is 5.97 Å². The SMILES string of the molecule is C=C[C@]1(C)C[C@@H](OC(=O)CSc2ccc([N+](=O)[O-])cn2)[C@@]2(C)C3C(=O)CC[C@@]3(CC[C@H]2C)[C@@H](C)[C@@H]1O. The Morgan fingerprint density at radius 1 is 1.36 bits per heavy atom. The van der Waals surface area contributed by atoms with Crippen LogP contribution in [-0.2, 0) is 14.3 Å². The van der Waals surface area contributed by atoms with E-state index in [4.69, 9.17) is 4.74 Å². The van der Waals surface area contributed by atoms with Crippen LogP contribution >= 0.6 is 11.8 Å². The minimum atomic E-state index is -0.707. The van der Waals surface area contributed by atoms with Gasteiger partial charge in [0.05, 0.1) is 21.8 Å². The Balaban J connectivity index is 1.63. The van der Waals surface area contributed by atoms with Crippen LogP contribution in [0.3, 0.4) is 0 Å². The predicted molar refractivity (Wildman–Crippen MR) is 136 cm³/mol. The van der Waals surface area contributed by atoms with Gasteiger partial charge in [-0.25, -0.2) is 4.98 Å². The third kappa shape index (κ3) is 4.18. The van der Waals surface area contributed by atoms with Gasteiger partial charge in [0.25, 0.3) is 5.69 Å². The fourth-order valence-corrected chi connectivity index (χ4v) is 8.02. The lowest BCUT2D eigenvalue weighted by Crippen LogP contribution is -2.63. The van der Waals surface area contributed by atoms with E-state index in [1.807, 2.05) is 6.92 Å². The Bertz CT molecular complexity index is 1060. The molecule has 3 saturated carbocycles. The number of ether oxygens (including phenoxy) is 1. The van der Waals surface area contributed by atoms with E-state index in [2.05, 4.69) is 32.3 Å². The summed E-state index contributed by atoms with van der Waals surface area (Å²) in [6, 6.07) is 2.86. The largest absolute Gasteiger partial charge is 0.461 e. The van der Waals surface area contributed by atoms with Gasteiger partial charge in [0.2, 0.25) is 0 Å². The van der Waals surface area contributed by atoms with Gasteiger partial charge < -0.3 is 9.84 Å². The van der Waals surface area contributed by atoms with Crippen LogP contribution in [0.2, 0.25) is 0 Å². The summed E-state index contributed by atoms with van der Waals surface area (Å²) in [5.74, 6) is -0.417. The molecule has 36 heavy (non-hydrogen) atoms. The van der Waals surface area contributed by atoms with Crippen molar-refractivity contribution in [3.05, 3.63) is 41.1 Å². The molecular weight excluding hydrogens is 480 g/mol. The summed E-state index contributed by atoms with van der Waals surface area (Å²) in [7, 11) is 0. The maximum atomic E-state index is 13.4. The normalized spacial score (nSPS) is 40.0. The molecule has 0 aromatic carbocycles. The molecule has 0 aliphatic heterocycles. The van der Waals surface area contributed by atoms with E-state index in [0.717, 1.165) is 37.2 Å². The second-order valence-corrected chi connectivity index (χ2v) is 12.5. The highest BCUT2D eigenvalue weighted by molar-refractivity contribution is 7.99. The number of esters is 1. The topological polar surface area (TPSA) is 120 Å². The second-order valence-electron chi connectivity index (χ2n) is 11.5. The molecule has 1 unspecified atom stereocenters. The highest BCUT2D eigenvalue weighted by Gasteiger charge is 2.68. The highest BCUT2D eigenvalue weighted by atomic mass is 32.2. The molecule has 0 spiro atoms. The molecule has 3 fully saturated rings. The molecule has 0 saturated heterocycles. The number of aliphatic hydroxyl groups is 1. The van der Waals surface area contributed by atoms with Crippen molar-refractivity contribution >= 4 is 29.2 Å².